The SMILES string of the molecule is CCc1ccc2cccc([CH2][Al]([CH2]c3ccc(-c4ccccc4)cc3)[CH2]c3cccc4ccc(C)nc34)c2n1. The molecule has 3 heteroatoms. The Morgan fingerprint density at radius 2 is 1.15 bits per heavy atom. The van der Waals surface area contributed by atoms with Gasteiger partial charge >= 0.3 is 0 Å². The molecule has 0 spiro atoms. The van der Waals surface area contributed by atoms with Gasteiger partial charge < -0.3 is 0 Å². The molecule has 190 valence electrons. The summed E-state index contributed by atoms with van der Waals surface area (Å²) >= 11 is -1.34. The lowest BCUT2D eigenvalue weighted by atomic mass is 10.0. The highest BCUT2D eigenvalue weighted by atomic mass is 27.2. The average molecular weight is 521 g/mol. The third kappa shape index (κ3) is 5.81. The fraction of sp³-hybridized carbons (Fsp3) is 0.167. The van der Waals surface area contributed by atoms with Gasteiger partial charge in [0.1, 0.15) is 0 Å². The first-order valence-corrected chi connectivity index (χ1v) is 16.5. The van der Waals surface area contributed by atoms with Crippen molar-refractivity contribution in [3.8, 4) is 11.1 Å². The highest BCUT2D eigenvalue weighted by Crippen LogP contribution is 2.25. The topological polar surface area (TPSA) is 25.8 Å². The molecule has 0 atom stereocenters. The van der Waals surface area contributed by atoms with Crippen molar-refractivity contribution in [3.63, 3.8) is 0 Å². The van der Waals surface area contributed by atoms with Crippen LogP contribution in [0.1, 0.15) is 35.0 Å². The summed E-state index contributed by atoms with van der Waals surface area (Å²) in [7, 11) is 0. The summed E-state index contributed by atoms with van der Waals surface area (Å²) in [6.45, 7) is 4.27. The Kier molecular flexibility index (Phi) is 7.55. The number of hydrogen-bond acceptors (Lipinski definition) is 2. The number of benzene rings is 4. The third-order valence-electron chi connectivity index (χ3n) is 7.77. The molecule has 39 heavy (non-hydrogen) atoms. The van der Waals surface area contributed by atoms with Gasteiger partial charge in [0.25, 0.3) is 14.1 Å². The van der Waals surface area contributed by atoms with Gasteiger partial charge in [-0.1, -0.05) is 131 Å². The summed E-state index contributed by atoms with van der Waals surface area (Å²) in [4.78, 5) is 10.0. The van der Waals surface area contributed by atoms with Crippen LogP contribution in [0, 0.1) is 6.92 Å². The van der Waals surface area contributed by atoms with Gasteiger partial charge in [-0.05, 0) is 47.7 Å². The molecule has 0 unspecified atom stereocenters. The number of aromatic nitrogens is 2. The number of rotatable bonds is 8. The molecule has 6 aromatic rings. The van der Waals surface area contributed by atoms with Crippen molar-refractivity contribution >= 4 is 36.0 Å². The summed E-state index contributed by atoms with van der Waals surface area (Å²) in [5.74, 6) is 0. The highest BCUT2D eigenvalue weighted by molar-refractivity contribution is 6.57. The number of para-hydroxylation sites is 2. The summed E-state index contributed by atoms with van der Waals surface area (Å²) in [5.41, 5.74) is 11.3. The maximum absolute atomic E-state index is 5.08. The Bertz CT molecular complexity index is 1730. The van der Waals surface area contributed by atoms with Gasteiger partial charge in [-0.3, -0.25) is 9.97 Å². The van der Waals surface area contributed by atoms with Gasteiger partial charge in [-0.2, -0.15) is 0 Å². The Labute approximate surface area is 235 Å². The zero-order valence-corrected chi connectivity index (χ0v) is 23.9. The molecule has 2 aromatic heterocycles. The molecule has 0 saturated carbocycles. The standard InChI is InChI=1S/C13H11.C12H12N.C11H10N.Al/c1-11-7-9-13(10-8-11)12-5-3-2-4-6-12;1-3-11-8-7-10-6-4-5-9(2)12(10)13-11;1-8-4-3-5-10-7-6-9(2)12-11(8)10;/h2-10H,1H2;4-8H,2-3H2,1H3;3-7H,1H2,2H3;. The first-order chi connectivity index (χ1) is 19.2. The van der Waals surface area contributed by atoms with E-state index in [1.807, 2.05) is 0 Å². The van der Waals surface area contributed by atoms with Crippen LogP contribution in [0.4, 0.5) is 0 Å². The van der Waals surface area contributed by atoms with Crippen molar-refractivity contribution in [1.29, 1.82) is 0 Å². The first-order valence-electron chi connectivity index (χ1n) is 14.0. The van der Waals surface area contributed by atoms with Gasteiger partial charge in [0.2, 0.25) is 0 Å². The van der Waals surface area contributed by atoms with E-state index in [0.29, 0.717) is 0 Å². The van der Waals surface area contributed by atoms with E-state index in [1.165, 1.54) is 55.3 Å². The van der Waals surface area contributed by atoms with E-state index in [1.54, 1.807) is 0 Å². The molecule has 0 N–H and O–H groups in total. The van der Waals surface area contributed by atoms with Crippen molar-refractivity contribution in [3.05, 3.63) is 143 Å². The van der Waals surface area contributed by atoms with E-state index in [4.69, 9.17) is 9.97 Å². The Balaban J connectivity index is 1.36. The van der Waals surface area contributed by atoms with Gasteiger partial charge in [0.05, 0.1) is 11.0 Å². The van der Waals surface area contributed by atoms with Gasteiger partial charge in [0.15, 0.2) is 0 Å². The lowest BCUT2D eigenvalue weighted by Gasteiger charge is -2.16. The maximum atomic E-state index is 5.08. The van der Waals surface area contributed by atoms with Crippen LogP contribution in [0.3, 0.4) is 0 Å². The number of nitrogens with zero attached hydrogens (tertiary/aromatic N) is 2. The van der Waals surface area contributed by atoms with Crippen LogP contribution in [0.5, 0.6) is 0 Å². The second-order valence-corrected chi connectivity index (χ2v) is 13.6. The summed E-state index contributed by atoms with van der Waals surface area (Å²) in [5, 5.41) is 5.84. The van der Waals surface area contributed by atoms with E-state index >= 15 is 0 Å². The van der Waals surface area contributed by atoms with Crippen molar-refractivity contribution in [2.45, 2.75) is 36.1 Å². The predicted molar refractivity (Wildman–Crippen MR) is 166 cm³/mol. The lowest BCUT2D eigenvalue weighted by Crippen LogP contribution is -2.25. The van der Waals surface area contributed by atoms with Crippen LogP contribution >= 0.6 is 0 Å². The fourth-order valence-electron chi connectivity index (χ4n) is 5.72. The molecule has 2 nitrogen and oxygen atoms in total. The van der Waals surface area contributed by atoms with Crippen LogP contribution in [0.2, 0.25) is 0 Å². The van der Waals surface area contributed by atoms with Gasteiger partial charge in [-0.15, -0.1) is 0 Å². The molecule has 0 fully saturated rings. The Hall–Kier alpha value is -3.77. The minimum absolute atomic E-state index is 0.958. The molecule has 4 aromatic carbocycles. The van der Waals surface area contributed by atoms with E-state index in [0.717, 1.165) is 28.0 Å². The first kappa shape index (κ1) is 25.5. The molecule has 0 aliphatic heterocycles. The van der Waals surface area contributed by atoms with E-state index in [-0.39, 0.29) is 0 Å². The number of pyridine rings is 2. The predicted octanol–water partition coefficient (Wildman–Crippen LogP) is 8.46. The Morgan fingerprint density at radius 1 is 0.538 bits per heavy atom. The molecule has 2 heterocycles. The second-order valence-electron chi connectivity index (χ2n) is 10.6. The zero-order chi connectivity index (χ0) is 26.6. The molecule has 6 rings (SSSR count). The molecule has 0 aliphatic carbocycles. The van der Waals surface area contributed by atoms with Gasteiger partial charge in [-0.25, -0.2) is 0 Å². The average Bonchev–Trinajstić information content (AvgIpc) is 2.98. The van der Waals surface area contributed by atoms with Crippen molar-refractivity contribution in [2.75, 3.05) is 0 Å². The quantitative estimate of drug-likeness (QED) is 0.188. The van der Waals surface area contributed by atoms with Crippen molar-refractivity contribution in [1.82, 2.24) is 9.97 Å². The van der Waals surface area contributed by atoms with E-state index in [2.05, 4.69) is 129 Å². The molecule has 0 radical (unpaired) electrons. The monoisotopic (exact) mass is 520 g/mol. The molecule has 0 aliphatic rings. The van der Waals surface area contributed by atoms with Crippen LogP contribution in [0.25, 0.3) is 32.9 Å². The largest absolute Gasteiger partial charge is 0.277 e. The minimum Gasteiger partial charge on any atom is -0.253 e. The van der Waals surface area contributed by atoms with Crippen LogP contribution in [-0.4, -0.2) is 24.1 Å². The molecular formula is C36H33AlN2. The molecule has 0 amide bonds. The van der Waals surface area contributed by atoms with Gasteiger partial charge in [0, 0.05) is 22.2 Å². The number of aryl methyl sites for hydroxylation is 2. The lowest BCUT2D eigenvalue weighted by molar-refractivity contribution is 1.05. The normalized spacial score (nSPS) is 11.2. The van der Waals surface area contributed by atoms with Crippen LogP contribution < -0.4 is 0 Å². The molecule has 0 bridgehead atoms. The van der Waals surface area contributed by atoms with E-state index < -0.39 is 14.1 Å². The Morgan fingerprint density at radius 3 is 1.82 bits per heavy atom. The maximum Gasteiger partial charge on any atom is 0.277 e. The van der Waals surface area contributed by atoms with Crippen LogP contribution in [-0.2, 0) is 22.3 Å². The molecule has 0 saturated heterocycles. The van der Waals surface area contributed by atoms with Crippen LogP contribution in [0.15, 0.2) is 115 Å². The summed E-state index contributed by atoms with van der Waals surface area (Å²) < 4.78 is 0. The third-order valence-corrected chi connectivity index (χ3v) is 10.9. The van der Waals surface area contributed by atoms with E-state index in [9.17, 15) is 0 Å². The van der Waals surface area contributed by atoms with Crippen molar-refractivity contribution in [2.24, 2.45) is 0 Å². The zero-order valence-electron chi connectivity index (χ0n) is 22.8. The van der Waals surface area contributed by atoms with Crippen molar-refractivity contribution < 1.29 is 0 Å². The smallest absolute Gasteiger partial charge is 0.253 e. The number of hydrogen-bond donors (Lipinski definition) is 0. The number of fused-ring (bicyclic) bond motifs is 2. The summed E-state index contributed by atoms with van der Waals surface area (Å²) in [6, 6.07) is 42.0. The minimum atomic E-state index is -1.34. The fourth-order valence-corrected chi connectivity index (χ4v) is 8.99. The molecular weight excluding hydrogens is 487 g/mol. The second kappa shape index (κ2) is 11.5. The summed E-state index contributed by atoms with van der Waals surface area (Å²) in [6.07, 6.45) is 0.958. The highest BCUT2D eigenvalue weighted by Gasteiger charge is 2.22.